The van der Waals surface area contributed by atoms with Crippen LogP contribution >= 0.6 is 0 Å². The predicted molar refractivity (Wildman–Crippen MR) is 50.4 cm³/mol. The molecule has 1 rings (SSSR count). The monoisotopic (exact) mass is 148 g/mol. The maximum absolute atomic E-state index is 3.79. The van der Waals surface area contributed by atoms with Crippen LogP contribution in [0.2, 0.25) is 0 Å². The molecule has 0 nitrogen and oxygen atoms in total. The zero-order chi connectivity index (χ0) is 8.10. The van der Waals surface area contributed by atoms with E-state index in [-0.39, 0.29) is 0 Å². The quantitative estimate of drug-likeness (QED) is 0.499. The Hall–Kier alpha value is -0.780. The summed E-state index contributed by atoms with van der Waals surface area (Å²) in [5, 5.41) is 0. The molecule has 1 aliphatic rings. The predicted octanol–water partition coefficient (Wildman–Crippen LogP) is 3.48. The summed E-state index contributed by atoms with van der Waals surface area (Å²) in [7, 11) is 0. The molecule has 0 aliphatic heterocycles. The molecule has 0 aromatic rings. The Morgan fingerprint density at radius 1 is 1.64 bits per heavy atom. The van der Waals surface area contributed by atoms with Crippen molar-refractivity contribution >= 4 is 0 Å². The molecule has 0 fully saturated rings. The summed E-state index contributed by atoms with van der Waals surface area (Å²) in [5.41, 5.74) is 1.40. The van der Waals surface area contributed by atoms with E-state index in [2.05, 4.69) is 31.7 Å². The van der Waals surface area contributed by atoms with Crippen LogP contribution in [0, 0.1) is 5.92 Å². The van der Waals surface area contributed by atoms with Crippen molar-refractivity contribution < 1.29 is 0 Å². The molecular formula is C11H16. The van der Waals surface area contributed by atoms with Crippen LogP contribution in [0.25, 0.3) is 0 Å². The van der Waals surface area contributed by atoms with E-state index in [4.69, 9.17) is 0 Å². The summed E-state index contributed by atoms with van der Waals surface area (Å²) < 4.78 is 0. The van der Waals surface area contributed by atoms with Crippen molar-refractivity contribution in [2.75, 3.05) is 0 Å². The normalized spacial score (nSPS) is 25.2. The summed E-state index contributed by atoms with van der Waals surface area (Å²) in [6, 6.07) is 0. The van der Waals surface area contributed by atoms with Gasteiger partial charge in [0.2, 0.25) is 0 Å². The summed E-state index contributed by atoms with van der Waals surface area (Å²) in [4.78, 5) is 0. The molecular weight excluding hydrogens is 132 g/mol. The first-order valence-corrected chi connectivity index (χ1v) is 4.31. The van der Waals surface area contributed by atoms with E-state index in [1.54, 1.807) is 0 Å². The highest BCUT2D eigenvalue weighted by Crippen LogP contribution is 2.17. The van der Waals surface area contributed by atoms with Gasteiger partial charge in [0, 0.05) is 0 Å². The maximum atomic E-state index is 3.79. The van der Waals surface area contributed by atoms with Crippen molar-refractivity contribution in [3.8, 4) is 0 Å². The molecule has 0 heteroatoms. The van der Waals surface area contributed by atoms with E-state index in [1.165, 1.54) is 18.4 Å². The molecule has 0 N–H and O–H groups in total. The van der Waals surface area contributed by atoms with E-state index >= 15 is 0 Å². The lowest BCUT2D eigenvalue weighted by atomic mass is 9.97. The third kappa shape index (κ3) is 2.75. The molecule has 0 heterocycles. The Bertz CT molecular complexity index is 184. The van der Waals surface area contributed by atoms with E-state index in [1.807, 2.05) is 6.08 Å². The first kappa shape index (κ1) is 8.32. The van der Waals surface area contributed by atoms with Crippen LogP contribution in [0.1, 0.15) is 26.2 Å². The third-order valence-electron chi connectivity index (χ3n) is 2.13. The van der Waals surface area contributed by atoms with E-state index < -0.39 is 0 Å². The first-order chi connectivity index (χ1) is 5.33. The summed E-state index contributed by atoms with van der Waals surface area (Å²) >= 11 is 0. The number of rotatable bonds is 1. The van der Waals surface area contributed by atoms with Crippen LogP contribution < -0.4 is 0 Å². The Kier molecular flexibility index (Phi) is 3.15. The molecule has 1 atom stereocenters. The lowest BCUT2D eigenvalue weighted by Crippen LogP contribution is -1.93. The van der Waals surface area contributed by atoms with Crippen LogP contribution in [0.5, 0.6) is 0 Å². The summed E-state index contributed by atoms with van der Waals surface area (Å²) in [5.74, 6) is 0.735. The van der Waals surface area contributed by atoms with Gasteiger partial charge in [-0.15, -0.1) is 0 Å². The van der Waals surface area contributed by atoms with Gasteiger partial charge in [-0.2, -0.15) is 0 Å². The van der Waals surface area contributed by atoms with Gasteiger partial charge in [-0.1, -0.05) is 43.4 Å². The van der Waals surface area contributed by atoms with Crippen LogP contribution in [-0.2, 0) is 0 Å². The van der Waals surface area contributed by atoms with Crippen molar-refractivity contribution in [1.82, 2.24) is 0 Å². The maximum Gasteiger partial charge on any atom is -0.0163 e. The highest BCUT2D eigenvalue weighted by molar-refractivity contribution is 5.18. The van der Waals surface area contributed by atoms with Crippen molar-refractivity contribution in [2.45, 2.75) is 26.2 Å². The molecule has 1 aliphatic carbocycles. The van der Waals surface area contributed by atoms with Crippen molar-refractivity contribution in [1.29, 1.82) is 0 Å². The van der Waals surface area contributed by atoms with Crippen molar-refractivity contribution in [2.24, 2.45) is 5.92 Å². The molecule has 0 aromatic heterocycles. The smallest absolute Gasteiger partial charge is 0.0163 e. The molecule has 11 heavy (non-hydrogen) atoms. The average molecular weight is 148 g/mol. The van der Waals surface area contributed by atoms with Crippen molar-refractivity contribution in [3.05, 3.63) is 36.5 Å². The largest absolute Gasteiger partial charge is 0.0988 e. The molecule has 1 unspecified atom stereocenters. The topological polar surface area (TPSA) is 0 Å². The fourth-order valence-electron chi connectivity index (χ4n) is 1.31. The second kappa shape index (κ2) is 4.17. The lowest BCUT2D eigenvalue weighted by Gasteiger charge is -2.09. The second-order valence-corrected chi connectivity index (χ2v) is 3.16. The molecule has 0 aromatic carbocycles. The lowest BCUT2D eigenvalue weighted by molar-refractivity contribution is 0.643. The standard InChI is InChI=1S/C11H16/c1-3-11-7-5-4-6-10(2)8-9-11/h3-4,6-7,10H,1,5,8-9H2,2H3. The van der Waals surface area contributed by atoms with Gasteiger partial charge in [-0.3, -0.25) is 0 Å². The van der Waals surface area contributed by atoms with Crippen molar-refractivity contribution in [3.63, 3.8) is 0 Å². The summed E-state index contributed by atoms with van der Waals surface area (Å²) in [6.07, 6.45) is 12.3. The highest BCUT2D eigenvalue weighted by Gasteiger charge is 2.00. The molecule has 0 saturated heterocycles. The Morgan fingerprint density at radius 2 is 2.45 bits per heavy atom. The Labute approximate surface area is 69.3 Å². The van der Waals surface area contributed by atoms with Crippen LogP contribution in [0.3, 0.4) is 0 Å². The van der Waals surface area contributed by atoms with Crippen LogP contribution in [0.4, 0.5) is 0 Å². The van der Waals surface area contributed by atoms with Gasteiger partial charge in [0.05, 0.1) is 0 Å². The minimum Gasteiger partial charge on any atom is -0.0988 e. The zero-order valence-electron chi connectivity index (χ0n) is 7.22. The van der Waals surface area contributed by atoms with Gasteiger partial charge in [0.15, 0.2) is 0 Å². The van der Waals surface area contributed by atoms with Crippen LogP contribution in [0.15, 0.2) is 36.5 Å². The second-order valence-electron chi connectivity index (χ2n) is 3.16. The number of hydrogen-bond acceptors (Lipinski definition) is 0. The molecule has 0 bridgehead atoms. The van der Waals surface area contributed by atoms with E-state index in [0.717, 1.165) is 12.3 Å². The number of hydrogen-bond donors (Lipinski definition) is 0. The average Bonchev–Trinajstić information content (AvgIpc) is 1.98. The fourth-order valence-corrected chi connectivity index (χ4v) is 1.31. The van der Waals surface area contributed by atoms with Gasteiger partial charge in [-0.25, -0.2) is 0 Å². The Morgan fingerprint density at radius 3 is 3.18 bits per heavy atom. The van der Waals surface area contributed by atoms with Gasteiger partial charge in [-0.05, 0) is 25.2 Å². The number of allylic oxidation sites excluding steroid dienone is 5. The van der Waals surface area contributed by atoms with Gasteiger partial charge < -0.3 is 0 Å². The Balaban J connectivity index is 2.58. The molecule has 0 amide bonds. The van der Waals surface area contributed by atoms with Gasteiger partial charge in [0.1, 0.15) is 0 Å². The molecule has 0 radical (unpaired) electrons. The SMILES string of the molecule is C=CC1=CCC=CC(C)CC1. The van der Waals surface area contributed by atoms with E-state index in [0.29, 0.717) is 0 Å². The van der Waals surface area contributed by atoms with E-state index in [9.17, 15) is 0 Å². The first-order valence-electron chi connectivity index (χ1n) is 4.31. The van der Waals surface area contributed by atoms with Gasteiger partial charge in [0.25, 0.3) is 0 Å². The van der Waals surface area contributed by atoms with Gasteiger partial charge >= 0.3 is 0 Å². The zero-order valence-corrected chi connectivity index (χ0v) is 7.22. The van der Waals surface area contributed by atoms with Crippen LogP contribution in [-0.4, -0.2) is 0 Å². The highest BCUT2D eigenvalue weighted by atomic mass is 14.1. The molecule has 60 valence electrons. The minimum absolute atomic E-state index is 0.735. The summed E-state index contributed by atoms with van der Waals surface area (Å²) in [6.45, 7) is 6.06. The fraction of sp³-hybridized carbons (Fsp3) is 0.455. The molecule has 0 saturated carbocycles. The molecule has 0 spiro atoms. The minimum atomic E-state index is 0.735. The third-order valence-corrected chi connectivity index (χ3v) is 2.13.